The molecular formula is C20H23ClN2O5. The molecule has 1 N–H and O–H groups in total. The van der Waals surface area contributed by atoms with Gasteiger partial charge in [0.2, 0.25) is 0 Å². The van der Waals surface area contributed by atoms with Gasteiger partial charge < -0.3 is 24.1 Å². The molecule has 0 spiro atoms. The van der Waals surface area contributed by atoms with Gasteiger partial charge in [-0.1, -0.05) is 11.6 Å². The zero-order valence-electron chi connectivity index (χ0n) is 16.1. The topological polar surface area (TPSA) is 78.8 Å². The number of hydrogen-bond donors (Lipinski definition) is 1. The maximum atomic E-state index is 13.2. The van der Waals surface area contributed by atoms with E-state index in [0.29, 0.717) is 53.0 Å². The largest absolute Gasteiger partial charge is 0.495 e. The Morgan fingerprint density at radius 1 is 1.14 bits per heavy atom. The maximum Gasteiger partial charge on any atom is 0.261 e. The van der Waals surface area contributed by atoms with E-state index < -0.39 is 0 Å². The second kappa shape index (κ2) is 8.56. The fraction of sp³-hybridized carbons (Fsp3) is 0.400. The predicted molar refractivity (Wildman–Crippen MR) is 107 cm³/mol. The van der Waals surface area contributed by atoms with Gasteiger partial charge >= 0.3 is 0 Å². The highest BCUT2D eigenvalue weighted by Crippen LogP contribution is 2.36. The molecule has 0 saturated carbocycles. The number of pyridine rings is 1. The first-order valence-corrected chi connectivity index (χ1v) is 9.50. The number of amides is 1. The Kier molecular flexibility index (Phi) is 6.14. The van der Waals surface area contributed by atoms with Crippen LogP contribution in [0, 0.1) is 0 Å². The summed E-state index contributed by atoms with van der Waals surface area (Å²) < 4.78 is 17.8. The molecule has 1 aromatic carbocycles. The number of hydrogen-bond acceptors (Lipinski definition) is 5. The van der Waals surface area contributed by atoms with Crippen LogP contribution < -0.4 is 25.1 Å². The average molecular weight is 407 g/mol. The fourth-order valence-electron chi connectivity index (χ4n) is 3.39. The summed E-state index contributed by atoms with van der Waals surface area (Å²) in [7, 11) is 3.00. The van der Waals surface area contributed by atoms with Crippen LogP contribution in [0.1, 0.15) is 35.8 Å². The molecule has 1 amide bonds. The van der Waals surface area contributed by atoms with Crippen LogP contribution in [0.4, 0.5) is 5.69 Å². The van der Waals surface area contributed by atoms with E-state index in [0.717, 1.165) is 12.8 Å². The number of halogens is 1. The van der Waals surface area contributed by atoms with E-state index in [1.165, 1.54) is 20.3 Å². The lowest BCUT2D eigenvalue weighted by molar-refractivity contribution is 0.102. The minimum atomic E-state index is -0.381. The minimum absolute atomic E-state index is 0.153. The molecular weight excluding hydrogens is 384 g/mol. The Morgan fingerprint density at radius 3 is 2.57 bits per heavy atom. The molecule has 0 aliphatic carbocycles. The van der Waals surface area contributed by atoms with Crippen molar-refractivity contribution in [1.82, 2.24) is 4.57 Å². The van der Waals surface area contributed by atoms with Crippen molar-refractivity contribution in [2.24, 2.45) is 0 Å². The normalized spacial score (nSPS) is 12.9. The Bertz CT molecular complexity index is 955. The molecule has 1 aliphatic heterocycles. The van der Waals surface area contributed by atoms with Gasteiger partial charge in [0.1, 0.15) is 22.8 Å². The zero-order chi connectivity index (χ0) is 20.3. The van der Waals surface area contributed by atoms with Crippen molar-refractivity contribution in [2.75, 3.05) is 26.1 Å². The molecule has 0 bridgehead atoms. The number of nitrogens with one attached hydrogen (secondary N) is 1. The third kappa shape index (κ3) is 3.80. The summed E-state index contributed by atoms with van der Waals surface area (Å²) in [5, 5.41) is 3.18. The van der Waals surface area contributed by atoms with Crippen LogP contribution >= 0.6 is 11.6 Å². The minimum Gasteiger partial charge on any atom is -0.495 e. The smallest absolute Gasteiger partial charge is 0.261 e. The lowest BCUT2D eigenvalue weighted by Crippen LogP contribution is -2.31. The van der Waals surface area contributed by atoms with Crippen LogP contribution in [0.25, 0.3) is 0 Å². The molecule has 3 rings (SSSR count). The summed E-state index contributed by atoms with van der Waals surface area (Å²) in [6, 6.07) is 4.55. The number of methoxy groups -OCH3 is 2. The number of carbonyl (C=O) groups excluding carboxylic acids is 1. The van der Waals surface area contributed by atoms with Crippen LogP contribution in [0.3, 0.4) is 0 Å². The van der Waals surface area contributed by atoms with E-state index in [1.807, 2.05) is 6.92 Å². The van der Waals surface area contributed by atoms with Crippen molar-refractivity contribution in [3.05, 3.63) is 44.8 Å². The molecule has 8 heteroatoms. The number of carbonyl (C=O) groups is 1. The first-order chi connectivity index (χ1) is 13.5. The Hall–Kier alpha value is -2.67. The molecule has 1 aliphatic rings. The van der Waals surface area contributed by atoms with Gasteiger partial charge in [0.15, 0.2) is 0 Å². The van der Waals surface area contributed by atoms with Crippen molar-refractivity contribution in [2.45, 2.75) is 32.7 Å². The number of benzene rings is 1. The third-order valence-corrected chi connectivity index (χ3v) is 4.97. The molecule has 150 valence electrons. The van der Waals surface area contributed by atoms with Crippen LogP contribution in [-0.2, 0) is 13.0 Å². The number of aromatic nitrogens is 1. The molecule has 0 unspecified atom stereocenters. The maximum absolute atomic E-state index is 13.2. The van der Waals surface area contributed by atoms with Crippen LogP contribution in [-0.4, -0.2) is 31.3 Å². The van der Waals surface area contributed by atoms with Gasteiger partial charge in [-0.25, -0.2) is 0 Å². The lowest BCUT2D eigenvalue weighted by Gasteiger charge is -2.23. The van der Waals surface area contributed by atoms with Crippen LogP contribution in [0.2, 0.25) is 5.02 Å². The molecule has 28 heavy (non-hydrogen) atoms. The Morgan fingerprint density at radius 2 is 1.89 bits per heavy atom. The summed E-state index contributed by atoms with van der Waals surface area (Å²) in [5.41, 5.74) is 1.31. The molecule has 7 nitrogen and oxygen atoms in total. The number of nitrogens with zero attached hydrogens (tertiary/aromatic N) is 1. The molecule has 2 heterocycles. The number of rotatable bonds is 6. The predicted octanol–water partition coefficient (Wildman–Crippen LogP) is 3.51. The van der Waals surface area contributed by atoms with Gasteiger partial charge in [0.25, 0.3) is 11.5 Å². The van der Waals surface area contributed by atoms with Gasteiger partial charge in [0, 0.05) is 24.4 Å². The fourth-order valence-corrected chi connectivity index (χ4v) is 3.64. The number of fused-ring (bicyclic) bond motifs is 1. The summed E-state index contributed by atoms with van der Waals surface area (Å²) in [5.74, 6) is 0.759. The molecule has 0 radical (unpaired) electrons. The van der Waals surface area contributed by atoms with Crippen molar-refractivity contribution >= 4 is 23.2 Å². The van der Waals surface area contributed by atoms with E-state index in [-0.39, 0.29) is 17.2 Å². The quantitative estimate of drug-likeness (QED) is 0.794. The van der Waals surface area contributed by atoms with Crippen molar-refractivity contribution in [3.8, 4) is 17.2 Å². The number of anilines is 1. The van der Waals surface area contributed by atoms with Gasteiger partial charge in [-0.3, -0.25) is 9.59 Å². The summed E-state index contributed by atoms with van der Waals surface area (Å²) in [6.07, 6.45) is 2.45. The molecule has 0 saturated heterocycles. The van der Waals surface area contributed by atoms with E-state index >= 15 is 0 Å². The SMILES string of the molecule is CCOc1cc(=O)n2c(c1C(=O)Nc1cc(Cl)c(OC)cc1OC)CCCC2. The van der Waals surface area contributed by atoms with E-state index in [1.54, 1.807) is 16.7 Å². The highest BCUT2D eigenvalue weighted by molar-refractivity contribution is 6.32. The third-order valence-electron chi connectivity index (χ3n) is 4.68. The highest BCUT2D eigenvalue weighted by atomic mass is 35.5. The van der Waals surface area contributed by atoms with E-state index in [2.05, 4.69) is 5.32 Å². The van der Waals surface area contributed by atoms with Crippen molar-refractivity contribution in [1.29, 1.82) is 0 Å². The molecule has 1 aromatic heterocycles. The highest BCUT2D eigenvalue weighted by Gasteiger charge is 2.25. The number of ether oxygens (including phenoxy) is 3. The Balaban J connectivity index is 2.06. The standard InChI is InChI=1S/C20H23ClN2O5/c1-4-28-17-11-18(24)23-8-6-5-7-14(23)19(17)20(25)22-13-9-12(21)15(26-2)10-16(13)27-3/h9-11H,4-8H2,1-3H3,(H,22,25). The van der Waals surface area contributed by atoms with Gasteiger partial charge in [0.05, 0.1) is 31.5 Å². The monoisotopic (exact) mass is 406 g/mol. The second-order valence-corrected chi connectivity index (χ2v) is 6.76. The van der Waals surface area contributed by atoms with Gasteiger partial charge in [-0.2, -0.15) is 0 Å². The molecule has 2 aromatic rings. The van der Waals surface area contributed by atoms with Gasteiger partial charge in [-0.05, 0) is 32.3 Å². The van der Waals surface area contributed by atoms with Crippen molar-refractivity contribution in [3.63, 3.8) is 0 Å². The Labute approximate surface area is 168 Å². The lowest BCUT2D eigenvalue weighted by atomic mass is 10.0. The second-order valence-electron chi connectivity index (χ2n) is 6.35. The van der Waals surface area contributed by atoms with Crippen LogP contribution in [0.5, 0.6) is 17.2 Å². The summed E-state index contributed by atoms with van der Waals surface area (Å²) in [4.78, 5) is 25.6. The summed E-state index contributed by atoms with van der Waals surface area (Å²) >= 11 is 6.20. The van der Waals surface area contributed by atoms with Crippen molar-refractivity contribution < 1.29 is 19.0 Å². The first-order valence-electron chi connectivity index (χ1n) is 9.12. The average Bonchev–Trinajstić information content (AvgIpc) is 2.68. The van der Waals surface area contributed by atoms with E-state index in [9.17, 15) is 9.59 Å². The van der Waals surface area contributed by atoms with E-state index in [4.69, 9.17) is 25.8 Å². The molecule has 0 fully saturated rings. The molecule has 0 atom stereocenters. The first kappa shape index (κ1) is 20.1. The van der Waals surface area contributed by atoms with Crippen LogP contribution in [0.15, 0.2) is 23.0 Å². The van der Waals surface area contributed by atoms with Gasteiger partial charge in [-0.15, -0.1) is 0 Å². The zero-order valence-corrected chi connectivity index (χ0v) is 16.9. The summed E-state index contributed by atoms with van der Waals surface area (Å²) in [6.45, 7) is 2.75.